The number of nitrogens with one attached hydrogen (secondary N) is 2. The molecule has 0 fully saturated rings. The number of nitrogens with zero attached hydrogens (tertiary/aromatic N) is 1. The number of pyridine rings is 1. The highest BCUT2D eigenvalue weighted by Crippen LogP contribution is 2.29. The van der Waals surface area contributed by atoms with Crippen molar-refractivity contribution in [3.05, 3.63) is 16.1 Å². The lowest BCUT2D eigenvalue weighted by Crippen LogP contribution is -2.12. The first-order valence-corrected chi connectivity index (χ1v) is 6.49. The first-order chi connectivity index (χ1) is 8.83. The molecule has 19 heavy (non-hydrogen) atoms. The fourth-order valence-electron chi connectivity index (χ4n) is 1.38. The molecule has 0 aliphatic heterocycles. The van der Waals surface area contributed by atoms with E-state index in [1.165, 1.54) is 6.07 Å². The average Bonchev–Trinajstić information content (AvgIpc) is 2.28. The molecule has 0 spiro atoms. The molecule has 2 N–H and O–H groups in total. The number of rotatable bonds is 6. The van der Waals surface area contributed by atoms with Crippen molar-refractivity contribution in [2.45, 2.75) is 25.9 Å². The van der Waals surface area contributed by atoms with E-state index in [0.717, 1.165) is 0 Å². The Morgan fingerprint density at radius 2 is 1.74 bits per heavy atom. The Kier molecular flexibility index (Phi) is 6.00. The first kappa shape index (κ1) is 16.2. The Labute approximate surface area is 119 Å². The minimum Gasteiger partial charge on any atom is -0.369 e. The van der Waals surface area contributed by atoms with Crippen molar-refractivity contribution in [3.63, 3.8) is 0 Å². The second kappa shape index (κ2) is 7.05. The Balaban J connectivity index is 2.60. The molecule has 1 aromatic heterocycles. The lowest BCUT2D eigenvalue weighted by molar-refractivity contribution is -0.134. The average molecular weight is 316 g/mol. The first-order valence-electron chi connectivity index (χ1n) is 5.74. The Hall–Kier alpha value is -0.880. The van der Waals surface area contributed by atoms with E-state index in [1.807, 2.05) is 6.92 Å². The highest BCUT2D eigenvalue weighted by atomic mass is 35.5. The van der Waals surface area contributed by atoms with Crippen molar-refractivity contribution < 1.29 is 13.2 Å². The van der Waals surface area contributed by atoms with Gasteiger partial charge in [0, 0.05) is 19.5 Å². The summed E-state index contributed by atoms with van der Waals surface area (Å²) in [5.74, 6) is 0.774. The van der Waals surface area contributed by atoms with Crippen molar-refractivity contribution in [2.24, 2.45) is 0 Å². The topological polar surface area (TPSA) is 37.0 Å². The van der Waals surface area contributed by atoms with Crippen LogP contribution >= 0.6 is 23.2 Å². The quantitative estimate of drug-likeness (QED) is 0.755. The summed E-state index contributed by atoms with van der Waals surface area (Å²) in [7, 11) is 0. The van der Waals surface area contributed by atoms with Crippen LogP contribution in [0, 0.1) is 0 Å². The van der Waals surface area contributed by atoms with Gasteiger partial charge in [-0.2, -0.15) is 13.2 Å². The number of hydrogen-bond acceptors (Lipinski definition) is 3. The van der Waals surface area contributed by atoms with Crippen LogP contribution in [-0.2, 0) is 0 Å². The summed E-state index contributed by atoms with van der Waals surface area (Å²) in [6.07, 6.45) is -5.03. The van der Waals surface area contributed by atoms with E-state index in [1.54, 1.807) is 0 Å². The van der Waals surface area contributed by atoms with Gasteiger partial charge in [-0.15, -0.1) is 0 Å². The fourth-order valence-corrected chi connectivity index (χ4v) is 1.87. The molecule has 0 saturated heterocycles. The summed E-state index contributed by atoms with van der Waals surface area (Å²) in [6, 6.07) is 1.50. The van der Waals surface area contributed by atoms with E-state index < -0.39 is 12.6 Å². The largest absolute Gasteiger partial charge is 0.389 e. The van der Waals surface area contributed by atoms with Crippen LogP contribution in [0.25, 0.3) is 0 Å². The van der Waals surface area contributed by atoms with Gasteiger partial charge in [0.2, 0.25) is 0 Å². The lowest BCUT2D eigenvalue weighted by atomic mass is 10.3. The molecule has 8 heteroatoms. The monoisotopic (exact) mass is 315 g/mol. The van der Waals surface area contributed by atoms with E-state index in [9.17, 15) is 13.2 Å². The molecule has 0 saturated carbocycles. The molecule has 1 heterocycles. The van der Waals surface area contributed by atoms with Gasteiger partial charge < -0.3 is 10.6 Å². The Morgan fingerprint density at radius 1 is 1.16 bits per heavy atom. The lowest BCUT2D eigenvalue weighted by Gasteiger charge is -2.12. The van der Waals surface area contributed by atoms with Gasteiger partial charge in [-0.25, -0.2) is 4.98 Å². The summed E-state index contributed by atoms with van der Waals surface area (Å²) in [5, 5.41) is 6.35. The van der Waals surface area contributed by atoms with Crippen LogP contribution < -0.4 is 10.6 Å². The van der Waals surface area contributed by atoms with Crippen LogP contribution in [0.1, 0.15) is 19.8 Å². The van der Waals surface area contributed by atoms with Gasteiger partial charge in [0.05, 0.1) is 10.0 Å². The van der Waals surface area contributed by atoms with E-state index in [4.69, 9.17) is 23.2 Å². The summed E-state index contributed by atoms with van der Waals surface area (Å²) < 4.78 is 35.9. The molecular weight excluding hydrogens is 302 g/mol. The van der Waals surface area contributed by atoms with Gasteiger partial charge in [0.15, 0.2) is 0 Å². The number of alkyl halides is 3. The maximum atomic E-state index is 12.0. The van der Waals surface area contributed by atoms with Crippen molar-refractivity contribution in [3.8, 4) is 0 Å². The van der Waals surface area contributed by atoms with Crippen LogP contribution in [0.2, 0.25) is 10.0 Å². The molecule has 0 aliphatic carbocycles. The second-order valence-corrected chi connectivity index (χ2v) is 4.64. The molecule has 108 valence electrons. The van der Waals surface area contributed by atoms with Gasteiger partial charge in [0.1, 0.15) is 11.6 Å². The van der Waals surface area contributed by atoms with Crippen molar-refractivity contribution in [1.29, 1.82) is 0 Å². The van der Waals surface area contributed by atoms with E-state index in [2.05, 4.69) is 15.6 Å². The smallest absolute Gasteiger partial charge is 0.369 e. The minimum absolute atomic E-state index is 0.0410. The molecule has 3 nitrogen and oxygen atoms in total. The second-order valence-electron chi connectivity index (χ2n) is 3.83. The molecule has 0 atom stereocenters. The third-order valence-electron chi connectivity index (χ3n) is 2.20. The van der Waals surface area contributed by atoms with Crippen LogP contribution in [0.4, 0.5) is 24.8 Å². The third-order valence-corrected chi connectivity index (χ3v) is 2.78. The number of anilines is 2. The molecule has 0 aromatic carbocycles. The van der Waals surface area contributed by atoms with Crippen LogP contribution in [0.15, 0.2) is 6.07 Å². The third kappa shape index (κ3) is 5.74. The fraction of sp³-hybridized carbons (Fsp3) is 0.545. The zero-order chi connectivity index (χ0) is 14.5. The Morgan fingerprint density at radius 3 is 2.26 bits per heavy atom. The Bertz CT molecular complexity index is 424. The summed E-state index contributed by atoms with van der Waals surface area (Å²) in [6.45, 7) is 2.64. The van der Waals surface area contributed by atoms with E-state index in [0.29, 0.717) is 23.2 Å². The predicted octanol–water partition coefficient (Wildman–Crippen LogP) is 4.57. The minimum atomic E-state index is -4.15. The maximum absolute atomic E-state index is 12.0. The van der Waals surface area contributed by atoms with Gasteiger partial charge in [-0.3, -0.25) is 0 Å². The zero-order valence-electron chi connectivity index (χ0n) is 10.2. The predicted molar refractivity (Wildman–Crippen MR) is 72.2 cm³/mol. The van der Waals surface area contributed by atoms with Crippen molar-refractivity contribution in [2.75, 3.05) is 23.7 Å². The number of hydrogen-bond donors (Lipinski definition) is 2. The van der Waals surface area contributed by atoms with E-state index >= 15 is 0 Å². The van der Waals surface area contributed by atoms with Gasteiger partial charge in [-0.1, -0.05) is 23.2 Å². The number of aromatic nitrogens is 1. The highest BCUT2D eigenvalue weighted by Gasteiger charge is 2.25. The zero-order valence-corrected chi connectivity index (χ0v) is 11.8. The molecule has 0 aliphatic rings. The van der Waals surface area contributed by atoms with Gasteiger partial charge in [0.25, 0.3) is 0 Å². The normalized spacial score (nSPS) is 11.5. The molecule has 0 unspecified atom stereocenters. The molecule has 1 aromatic rings. The van der Waals surface area contributed by atoms with Crippen molar-refractivity contribution in [1.82, 2.24) is 4.98 Å². The summed E-state index contributed by atoms with van der Waals surface area (Å²) in [5.41, 5.74) is 0. The molecule has 0 amide bonds. The van der Waals surface area contributed by atoms with Crippen molar-refractivity contribution >= 4 is 34.8 Å². The standard InChI is InChI=1S/C11H14Cl2F3N3/c1-2-17-9-7(12)6-8(13)10(19-9)18-5-3-4-11(14,15)16/h6H,2-5H2,1H3,(H2,17,18,19). The van der Waals surface area contributed by atoms with Crippen LogP contribution in [0.5, 0.6) is 0 Å². The molecule has 0 bridgehead atoms. The van der Waals surface area contributed by atoms with Crippen LogP contribution in [-0.4, -0.2) is 24.2 Å². The highest BCUT2D eigenvalue weighted by molar-refractivity contribution is 6.37. The SMILES string of the molecule is CCNc1nc(NCCCC(F)(F)F)c(Cl)cc1Cl. The maximum Gasteiger partial charge on any atom is 0.389 e. The van der Waals surface area contributed by atoms with E-state index in [-0.39, 0.29) is 18.0 Å². The molecule has 1 rings (SSSR count). The van der Waals surface area contributed by atoms with Crippen LogP contribution in [0.3, 0.4) is 0 Å². The number of halogens is 5. The van der Waals surface area contributed by atoms with Gasteiger partial charge >= 0.3 is 6.18 Å². The summed E-state index contributed by atoms with van der Waals surface area (Å²) >= 11 is 11.8. The molecule has 0 radical (unpaired) electrons. The van der Waals surface area contributed by atoms with Gasteiger partial charge in [-0.05, 0) is 19.4 Å². The molecular formula is C11H14Cl2F3N3. The summed E-state index contributed by atoms with van der Waals surface area (Å²) in [4.78, 5) is 4.13.